The number of nitrogens with one attached hydrogen (secondary N) is 1. The normalized spacial score (nSPS) is 24.2. The van der Waals surface area contributed by atoms with Crippen molar-refractivity contribution >= 4 is 15.7 Å². The third kappa shape index (κ3) is 3.97. The van der Waals surface area contributed by atoms with E-state index in [9.17, 15) is 8.42 Å². The molecule has 1 saturated heterocycles. The summed E-state index contributed by atoms with van der Waals surface area (Å²) in [7, 11) is -2.80. The number of oxime groups is 1. The zero-order chi connectivity index (χ0) is 12.2. The fourth-order valence-electron chi connectivity index (χ4n) is 1.64. The lowest BCUT2D eigenvalue weighted by atomic mass is 10.1. The first kappa shape index (κ1) is 13.2. The van der Waals surface area contributed by atoms with Crippen molar-refractivity contribution < 1.29 is 13.6 Å². The summed E-state index contributed by atoms with van der Waals surface area (Å²) < 4.78 is 22.4. The summed E-state index contributed by atoms with van der Waals surface area (Å²) >= 11 is 0. The monoisotopic (exact) mass is 249 g/mol. The summed E-state index contributed by atoms with van der Waals surface area (Å²) in [6, 6.07) is 0.220. The number of hydrogen-bond donors (Lipinski definition) is 3. The number of rotatable bonds is 4. The predicted octanol–water partition coefficient (Wildman–Crippen LogP) is -0.464. The summed E-state index contributed by atoms with van der Waals surface area (Å²) in [6.45, 7) is 2.45. The zero-order valence-corrected chi connectivity index (χ0v) is 10.2. The van der Waals surface area contributed by atoms with Gasteiger partial charge >= 0.3 is 0 Å². The first-order chi connectivity index (χ1) is 7.44. The van der Waals surface area contributed by atoms with Gasteiger partial charge in [0.2, 0.25) is 0 Å². The van der Waals surface area contributed by atoms with Crippen LogP contribution in [0.3, 0.4) is 0 Å². The molecule has 0 saturated carbocycles. The molecule has 4 N–H and O–H groups in total. The first-order valence-electron chi connectivity index (χ1n) is 5.36. The average molecular weight is 249 g/mol. The number of amidine groups is 1. The third-order valence-electron chi connectivity index (χ3n) is 2.89. The van der Waals surface area contributed by atoms with E-state index in [1.807, 2.05) is 6.92 Å². The van der Waals surface area contributed by atoms with Gasteiger partial charge in [-0.3, -0.25) is 0 Å². The summed E-state index contributed by atoms with van der Waals surface area (Å²) in [4.78, 5) is 0. The molecule has 0 radical (unpaired) electrons. The zero-order valence-electron chi connectivity index (χ0n) is 9.39. The van der Waals surface area contributed by atoms with Crippen molar-refractivity contribution in [2.45, 2.75) is 25.8 Å². The molecule has 0 aromatic rings. The number of sulfone groups is 1. The van der Waals surface area contributed by atoms with Gasteiger partial charge in [0.1, 0.15) is 15.7 Å². The van der Waals surface area contributed by atoms with E-state index < -0.39 is 9.84 Å². The Bertz CT molecular complexity index is 339. The summed E-state index contributed by atoms with van der Waals surface area (Å²) in [5.41, 5.74) is 5.44. The Morgan fingerprint density at radius 1 is 1.56 bits per heavy atom. The minimum Gasteiger partial charge on any atom is -0.409 e. The smallest absolute Gasteiger partial charge is 0.150 e. The lowest BCUT2D eigenvalue weighted by molar-refractivity contribution is 0.313. The van der Waals surface area contributed by atoms with Crippen LogP contribution in [0.4, 0.5) is 0 Å². The van der Waals surface area contributed by atoms with Crippen molar-refractivity contribution in [3.63, 3.8) is 0 Å². The Hall–Kier alpha value is -0.820. The van der Waals surface area contributed by atoms with Crippen molar-refractivity contribution in [3.8, 4) is 0 Å². The van der Waals surface area contributed by atoms with E-state index in [1.54, 1.807) is 0 Å². The van der Waals surface area contributed by atoms with Gasteiger partial charge in [-0.2, -0.15) is 0 Å². The van der Waals surface area contributed by atoms with Crippen LogP contribution >= 0.6 is 0 Å². The Morgan fingerprint density at radius 3 is 2.62 bits per heavy atom. The van der Waals surface area contributed by atoms with Crippen molar-refractivity contribution in [1.82, 2.24) is 5.32 Å². The van der Waals surface area contributed by atoms with Gasteiger partial charge in [0.15, 0.2) is 0 Å². The average Bonchev–Trinajstić information content (AvgIpc) is 2.26. The van der Waals surface area contributed by atoms with Gasteiger partial charge in [0.25, 0.3) is 0 Å². The molecule has 0 spiro atoms. The van der Waals surface area contributed by atoms with E-state index in [1.165, 1.54) is 0 Å². The number of nitrogens with zero attached hydrogens (tertiary/aromatic N) is 1. The van der Waals surface area contributed by atoms with E-state index in [2.05, 4.69) is 10.5 Å². The second kappa shape index (κ2) is 5.49. The molecule has 6 nitrogen and oxygen atoms in total. The molecule has 0 bridgehead atoms. The van der Waals surface area contributed by atoms with Gasteiger partial charge in [-0.05, 0) is 12.8 Å². The lowest BCUT2D eigenvalue weighted by Crippen LogP contribution is -2.41. The maximum absolute atomic E-state index is 11.2. The maximum atomic E-state index is 11.2. The van der Waals surface area contributed by atoms with E-state index in [-0.39, 0.29) is 29.3 Å². The molecule has 1 rings (SSSR count). The van der Waals surface area contributed by atoms with Gasteiger partial charge in [-0.25, -0.2) is 8.42 Å². The SMILES string of the molecule is CC(CNC1CCS(=O)(=O)CC1)C(N)=NO. The molecule has 0 amide bonds. The molecule has 1 atom stereocenters. The van der Waals surface area contributed by atoms with Gasteiger partial charge in [-0.1, -0.05) is 12.1 Å². The highest BCUT2D eigenvalue weighted by atomic mass is 32.2. The first-order valence-corrected chi connectivity index (χ1v) is 7.18. The molecule has 16 heavy (non-hydrogen) atoms. The molecule has 94 valence electrons. The molecule has 0 aromatic carbocycles. The summed E-state index contributed by atoms with van der Waals surface area (Å²) in [5.74, 6) is 0.644. The quantitative estimate of drug-likeness (QED) is 0.270. The second-order valence-corrected chi connectivity index (χ2v) is 6.56. The second-order valence-electron chi connectivity index (χ2n) is 4.26. The van der Waals surface area contributed by atoms with Crippen molar-refractivity contribution in [1.29, 1.82) is 0 Å². The minimum atomic E-state index is -2.80. The van der Waals surface area contributed by atoms with Crippen LogP contribution in [0.15, 0.2) is 5.16 Å². The van der Waals surface area contributed by atoms with Crippen LogP contribution in [-0.2, 0) is 9.84 Å². The van der Waals surface area contributed by atoms with Gasteiger partial charge in [0, 0.05) is 18.5 Å². The van der Waals surface area contributed by atoms with Gasteiger partial charge in [0.05, 0.1) is 11.5 Å². The molecule has 7 heteroatoms. The van der Waals surface area contributed by atoms with E-state index in [4.69, 9.17) is 10.9 Å². The Labute approximate surface area is 95.8 Å². The summed E-state index contributed by atoms with van der Waals surface area (Å²) in [6.07, 6.45) is 1.29. The fraction of sp³-hybridized carbons (Fsp3) is 0.889. The van der Waals surface area contributed by atoms with Crippen LogP contribution in [0.25, 0.3) is 0 Å². The number of nitrogens with two attached hydrogens (primary N) is 1. The Balaban J connectivity index is 2.30. The van der Waals surface area contributed by atoms with Crippen molar-refractivity contribution in [2.24, 2.45) is 16.8 Å². The molecule has 1 fully saturated rings. The highest BCUT2D eigenvalue weighted by molar-refractivity contribution is 7.91. The van der Waals surface area contributed by atoms with Crippen LogP contribution in [0.5, 0.6) is 0 Å². The predicted molar refractivity (Wildman–Crippen MR) is 62.3 cm³/mol. The van der Waals surface area contributed by atoms with E-state index >= 15 is 0 Å². The molecule has 0 aliphatic carbocycles. The lowest BCUT2D eigenvalue weighted by Gasteiger charge is -2.24. The van der Waals surface area contributed by atoms with Gasteiger partial charge < -0.3 is 16.3 Å². The van der Waals surface area contributed by atoms with Crippen LogP contribution in [-0.4, -0.2) is 43.6 Å². The largest absolute Gasteiger partial charge is 0.409 e. The summed E-state index contributed by atoms with van der Waals surface area (Å²) in [5, 5.41) is 14.6. The van der Waals surface area contributed by atoms with Crippen molar-refractivity contribution in [2.75, 3.05) is 18.1 Å². The molecular formula is C9H19N3O3S. The molecule has 1 aliphatic rings. The molecule has 0 aromatic heterocycles. The highest BCUT2D eigenvalue weighted by Gasteiger charge is 2.23. The Morgan fingerprint density at radius 2 is 2.12 bits per heavy atom. The molecule has 1 unspecified atom stereocenters. The Kier molecular flexibility index (Phi) is 4.55. The standard InChI is InChI=1S/C9H19N3O3S/c1-7(9(10)12-13)6-11-8-2-4-16(14,15)5-3-8/h7-8,11,13H,2-6H2,1H3,(H2,10,12). The third-order valence-corrected chi connectivity index (χ3v) is 4.60. The highest BCUT2D eigenvalue weighted by Crippen LogP contribution is 2.12. The molecule has 1 heterocycles. The minimum absolute atomic E-state index is 0.0523. The van der Waals surface area contributed by atoms with E-state index in [0.717, 1.165) is 0 Å². The number of hydrogen-bond acceptors (Lipinski definition) is 5. The van der Waals surface area contributed by atoms with Crippen LogP contribution in [0.2, 0.25) is 0 Å². The van der Waals surface area contributed by atoms with Gasteiger partial charge in [-0.15, -0.1) is 0 Å². The van der Waals surface area contributed by atoms with E-state index in [0.29, 0.717) is 19.4 Å². The fourth-order valence-corrected chi connectivity index (χ4v) is 3.13. The topological polar surface area (TPSA) is 105 Å². The van der Waals surface area contributed by atoms with Crippen molar-refractivity contribution in [3.05, 3.63) is 0 Å². The van der Waals surface area contributed by atoms with Crippen LogP contribution < -0.4 is 11.1 Å². The molecular weight excluding hydrogens is 230 g/mol. The molecule has 1 aliphatic heterocycles. The van der Waals surface area contributed by atoms with Crippen LogP contribution in [0.1, 0.15) is 19.8 Å². The van der Waals surface area contributed by atoms with Crippen LogP contribution in [0, 0.1) is 5.92 Å². The maximum Gasteiger partial charge on any atom is 0.150 e.